The Morgan fingerprint density at radius 1 is 1.21 bits per heavy atom. The summed E-state index contributed by atoms with van der Waals surface area (Å²) in [4.78, 5) is 11.9. The van der Waals surface area contributed by atoms with Gasteiger partial charge in [0.05, 0.1) is 19.2 Å². The van der Waals surface area contributed by atoms with E-state index in [0.29, 0.717) is 18.2 Å². The first-order chi connectivity index (χ1) is 11.5. The minimum Gasteiger partial charge on any atom is -0.493 e. The Balaban J connectivity index is 1.91. The number of nitrogen functional groups attached to an aromatic ring is 1. The molecule has 0 radical (unpaired) electrons. The van der Waals surface area contributed by atoms with Crippen molar-refractivity contribution in [1.82, 2.24) is 5.43 Å². The molecule has 24 heavy (non-hydrogen) atoms. The highest BCUT2D eigenvalue weighted by Crippen LogP contribution is 2.16. The third kappa shape index (κ3) is 5.76. The maximum absolute atomic E-state index is 11.9. The Labute approximate surface area is 142 Å². The minimum atomic E-state index is -0.184. The van der Waals surface area contributed by atoms with Crippen LogP contribution in [0.5, 0.6) is 5.75 Å². The van der Waals surface area contributed by atoms with Crippen molar-refractivity contribution in [2.45, 2.75) is 20.3 Å². The number of ether oxygens (including phenoxy) is 1. The molecule has 2 aromatic rings. The predicted octanol–water partition coefficient (Wildman–Crippen LogP) is 3.00. The number of anilines is 1. The number of benzene rings is 2. The molecule has 0 aliphatic rings. The molecule has 0 aromatic heterocycles. The second-order valence-electron chi connectivity index (χ2n) is 5.95. The van der Waals surface area contributed by atoms with Gasteiger partial charge in [0.15, 0.2) is 0 Å². The molecule has 126 valence electrons. The molecule has 2 rings (SSSR count). The number of nitrogens with one attached hydrogen (secondary N) is 1. The molecule has 0 spiro atoms. The first-order valence-corrected chi connectivity index (χ1v) is 7.92. The van der Waals surface area contributed by atoms with Gasteiger partial charge in [-0.3, -0.25) is 4.79 Å². The lowest BCUT2D eigenvalue weighted by Gasteiger charge is -2.10. The van der Waals surface area contributed by atoms with Gasteiger partial charge < -0.3 is 10.5 Å². The van der Waals surface area contributed by atoms with Crippen molar-refractivity contribution in [3.63, 3.8) is 0 Å². The molecule has 0 heterocycles. The molecule has 0 aliphatic heterocycles. The molecule has 0 bridgehead atoms. The summed E-state index contributed by atoms with van der Waals surface area (Å²) in [6, 6.07) is 14.8. The quantitative estimate of drug-likeness (QED) is 0.467. The number of hydrogen-bond acceptors (Lipinski definition) is 4. The van der Waals surface area contributed by atoms with Crippen LogP contribution in [-0.4, -0.2) is 18.7 Å². The Bertz CT molecular complexity index is 694. The maximum Gasteiger partial charge on any atom is 0.244 e. The van der Waals surface area contributed by atoms with Crippen molar-refractivity contribution >= 4 is 17.8 Å². The van der Waals surface area contributed by atoms with Crippen LogP contribution in [0.3, 0.4) is 0 Å². The molecule has 0 saturated carbocycles. The van der Waals surface area contributed by atoms with E-state index < -0.39 is 0 Å². The predicted molar refractivity (Wildman–Crippen MR) is 97.1 cm³/mol. The van der Waals surface area contributed by atoms with Crippen LogP contribution in [0, 0.1) is 5.92 Å². The van der Waals surface area contributed by atoms with E-state index in [2.05, 4.69) is 24.4 Å². The molecule has 0 fully saturated rings. The van der Waals surface area contributed by atoms with E-state index in [9.17, 15) is 4.79 Å². The Morgan fingerprint density at radius 3 is 2.62 bits per heavy atom. The van der Waals surface area contributed by atoms with Gasteiger partial charge in [0, 0.05) is 11.3 Å². The molecule has 1 amide bonds. The van der Waals surface area contributed by atoms with Gasteiger partial charge in [-0.05, 0) is 35.7 Å². The lowest BCUT2D eigenvalue weighted by atomic mass is 10.1. The monoisotopic (exact) mass is 325 g/mol. The molecule has 5 heteroatoms. The van der Waals surface area contributed by atoms with Crippen molar-refractivity contribution in [2.24, 2.45) is 11.0 Å². The standard InChI is InChI=1S/C19H23N3O2/c1-14(2)13-24-18-6-4-3-5-16(18)12-21-22-19(23)11-15-7-9-17(20)10-8-15/h3-10,12,14H,11,13,20H2,1-2H3,(H,22,23)/b21-12-. The summed E-state index contributed by atoms with van der Waals surface area (Å²) in [5.74, 6) is 1.01. The third-order valence-corrected chi connectivity index (χ3v) is 3.23. The SMILES string of the molecule is CC(C)COc1ccccc1/C=N\NC(=O)Cc1ccc(N)cc1. The normalized spacial score (nSPS) is 11.0. The van der Waals surface area contributed by atoms with Crippen LogP contribution in [0.25, 0.3) is 0 Å². The number of hydrazone groups is 1. The number of nitrogens with two attached hydrogens (primary N) is 1. The zero-order valence-electron chi connectivity index (χ0n) is 14.0. The second-order valence-corrected chi connectivity index (χ2v) is 5.95. The maximum atomic E-state index is 11.9. The molecule has 5 nitrogen and oxygen atoms in total. The minimum absolute atomic E-state index is 0.184. The summed E-state index contributed by atoms with van der Waals surface area (Å²) >= 11 is 0. The molecule has 2 aromatic carbocycles. The van der Waals surface area contributed by atoms with Gasteiger partial charge in [-0.15, -0.1) is 0 Å². The highest BCUT2D eigenvalue weighted by molar-refractivity contribution is 5.85. The van der Waals surface area contributed by atoms with Crippen LogP contribution in [0.15, 0.2) is 53.6 Å². The second kappa shape index (κ2) is 8.72. The zero-order chi connectivity index (χ0) is 17.4. The van der Waals surface area contributed by atoms with Crippen LogP contribution in [0.4, 0.5) is 5.69 Å². The fourth-order valence-corrected chi connectivity index (χ4v) is 2.01. The number of hydrogen-bond donors (Lipinski definition) is 2. The van der Waals surface area contributed by atoms with Crippen molar-refractivity contribution in [3.8, 4) is 5.75 Å². The topological polar surface area (TPSA) is 76.7 Å². The van der Waals surface area contributed by atoms with Crippen LogP contribution in [0.2, 0.25) is 0 Å². The van der Waals surface area contributed by atoms with E-state index in [1.165, 1.54) is 0 Å². The van der Waals surface area contributed by atoms with Crippen molar-refractivity contribution in [3.05, 3.63) is 59.7 Å². The van der Waals surface area contributed by atoms with Gasteiger partial charge in [0.2, 0.25) is 5.91 Å². The third-order valence-electron chi connectivity index (χ3n) is 3.23. The number of nitrogens with zero attached hydrogens (tertiary/aromatic N) is 1. The smallest absolute Gasteiger partial charge is 0.244 e. The van der Waals surface area contributed by atoms with Gasteiger partial charge in [-0.25, -0.2) is 5.43 Å². The van der Waals surface area contributed by atoms with Crippen LogP contribution >= 0.6 is 0 Å². The molecular formula is C19H23N3O2. The summed E-state index contributed by atoms with van der Waals surface area (Å²) in [6.07, 6.45) is 1.85. The summed E-state index contributed by atoms with van der Waals surface area (Å²) in [5, 5.41) is 4.01. The molecular weight excluding hydrogens is 302 g/mol. The lowest BCUT2D eigenvalue weighted by molar-refractivity contribution is -0.120. The number of para-hydroxylation sites is 1. The van der Waals surface area contributed by atoms with Crippen molar-refractivity contribution in [2.75, 3.05) is 12.3 Å². The summed E-state index contributed by atoms with van der Waals surface area (Å²) in [7, 11) is 0. The van der Waals surface area contributed by atoms with E-state index in [4.69, 9.17) is 10.5 Å². The summed E-state index contributed by atoms with van der Waals surface area (Å²) in [5.41, 5.74) is 10.5. The zero-order valence-corrected chi connectivity index (χ0v) is 14.0. The molecule has 0 unspecified atom stereocenters. The fraction of sp³-hybridized carbons (Fsp3) is 0.263. The van der Waals surface area contributed by atoms with Crippen LogP contribution in [0.1, 0.15) is 25.0 Å². The summed E-state index contributed by atoms with van der Waals surface area (Å²) < 4.78 is 5.75. The number of carbonyl (C=O) groups excluding carboxylic acids is 1. The summed E-state index contributed by atoms with van der Waals surface area (Å²) in [6.45, 7) is 4.82. The van der Waals surface area contributed by atoms with Crippen molar-refractivity contribution < 1.29 is 9.53 Å². The molecule has 0 saturated heterocycles. The Hall–Kier alpha value is -2.82. The molecule has 0 aliphatic carbocycles. The van der Waals surface area contributed by atoms with Gasteiger partial charge >= 0.3 is 0 Å². The van der Waals surface area contributed by atoms with E-state index in [1.54, 1.807) is 18.3 Å². The van der Waals surface area contributed by atoms with Gasteiger partial charge in [0.1, 0.15) is 5.75 Å². The first-order valence-electron chi connectivity index (χ1n) is 7.92. The molecule has 3 N–H and O–H groups in total. The van der Waals surface area contributed by atoms with E-state index >= 15 is 0 Å². The lowest BCUT2D eigenvalue weighted by Crippen LogP contribution is -2.19. The number of rotatable bonds is 7. The van der Waals surface area contributed by atoms with E-state index in [-0.39, 0.29) is 12.3 Å². The average molecular weight is 325 g/mol. The van der Waals surface area contributed by atoms with Gasteiger partial charge in [-0.2, -0.15) is 5.10 Å². The van der Waals surface area contributed by atoms with Gasteiger partial charge in [-0.1, -0.05) is 38.1 Å². The van der Waals surface area contributed by atoms with Crippen LogP contribution < -0.4 is 15.9 Å². The highest BCUT2D eigenvalue weighted by Gasteiger charge is 2.04. The Kier molecular flexibility index (Phi) is 6.37. The van der Waals surface area contributed by atoms with Crippen molar-refractivity contribution in [1.29, 1.82) is 0 Å². The molecule has 0 atom stereocenters. The largest absolute Gasteiger partial charge is 0.493 e. The fourth-order valence-electron chi connectivity index (χ4n) is 2.01. The average Bonchev–Trinajstić information content (AvgIpc) is 2.56. The van der Waals surface area contributed by atoms with E-state index in [0.717, 1.165) is 16.9 Å². The Morgan fingerprint density at radius 2 is 1.92 bits per heavy atom. The first kappa shape index (κ1) is 17.5. The number of carbonyl (C=O) groups is 1. The van der Waals surface area contributed by atoms with Gasteiger partial charge in [0.25, 0.3) is 0 Å². The van der Waals surface area contributed by atoms with E-state index in [1.807, 2.05) is 36.4 Å². The van der Waals surface area contributed by atoms with Crippen LogP contribution in [-0.2, 0) is 11.2 Å². The highest BCUT2D eigenvalue weighted by atomic mass is 16.5. The number of amides is 1.